The van der Waals surface area contributed by atoms with Crippen LogP contribution in [0.1, 0.15) is 40.7 Å². The van der Waals surface area contributed by atoms with Crippen LogP contribution in [0.15, 0.2) is 48.5 Å². The van der Waals surface area contributed by atoms with Crippen molar-refractivity contribution in [2.45, 2.75) is 39.2 Å². The molecule has 2 fully saturated rings. The van der Waals surface area contributed by atoms with Gasteiger partial charge in [-0.05, 0) is 56.0 Å². The van der Waals surface area contributed by atoms with Gasteiger partial charge in [0.25, 0.3) is 0 Å². The first kappa shape index (κ1) is 19.4. The van der Waals surface area contributed by atoms with Gasteiger partial charge in [0.05, 0.1) is 12.0 Å². The summed E-state index contributed by atoms with van der Waals surface area (Å²) in [5.74, 6) is -0.499. The molecule has 0 aliphatic carbocycles. The van der Waals surface area contributed by atoms with E-state index in [0.29, 0.717) is 25.1 Å². The molecule has 0 radical (unpaired) electrons. The van der Waals surface area contributed by atoms with E-state index in [9.17, 15) is 14.4 Å². The lowest BCUT2D eigenvalue weighted by atomic mass is 9.97. The Labute approximate surface area is 171 Å². The molecule has 5 heteroatoms. The number of anilines is 1. The third-order valence-corrected chi connectivity index (χ3v) is 6.17. The monoisotopic (exact) mass is 390 g/mol. The largest absolute Gasteiger partial charge is 0.332 e. The van der Waals surface area contributed by atoms with Crippen LogP contribution in [0.4, 0.5) is 5.69 Å². The van der Waals surface area contributed by atoms with E-state index in [1.165, 1.54) is 0 Å². The van der Waals surface area contributed by atoms with Gasteiger partial charge in [-0.3, -0.25) is 14.4 Å². The van der Waals surface area contributed by atoms with Crippen molar-refractivity contribution in [2.24, 2.45) is 5.92 Å². The number of likely N-dealkylation sites (tertiary alicyclic amines) is 1. The number of carbonyl (C=O) groups is 3. The molecule has 2 heterocycles. The Balaban J connectivity index is 1.50. The Hall–Kier alpha value is -2.95. The molecule has 2 saturated heterocycles. The molecule has 2 atom stereocenters. The number of amides is 2. The van der Waals surface area contributed by atoms with Gasteiger partial charge in [0.2, 0.25) is 11.8 Å². The van der Waals surface area contributed by atoms with Crippen molar-refractivity contribution in [1.29, 1.82) is 0 Å². The average molecular weight is 390 g/mol. The van der Waals surface area contributed by atoms with Crippen molar-refractivity contribution in [3.63, 3.8) is 0 Å². The third-order valence-electron chi connectivity index (χ3n) is 6.17. The first-order valence-electron chi connectivity index (χ1n) is 10.2. The van der Waals surface area contributed by atoms with Gasteiger partial charge in [-0.15, -0.1) is 0 Å². The zero-order chi connectivity index (χ0) is 20.5. The first-order valence-corrected chi connectivity index (χ1v) is 10.2. The normalized spacial score (nSPS) is 21.7. The lowest BCUT2D eigenvalue weighted by Crippen LogP contribution is -2.44. The van der Waals surface area contributed by atoms with E-state index < -0.39 is 12.0 Å². The molecular weight excluding hydrogens is 364 g/mol. The van der Waals surface area contributed by atoms with Gasteiger partial charge in [0.1, 0.15) is 0 Å². The minimum absolute atomic E-state index is 0.00295. The van der Waals surface area contributed by atoms with Crippen molar-refractivity contribution >= 4 is 23.3 Å². The molecule has 4 rings (SSSR count). The molecule has 2 amide bonds. The van der Waals surface area contributed by atoms with E-state index in [-0.39, 0.29) is 24.0 Å². The Bertz CT molecular complexity index is 954. The van der Waals surface area contributed by atoms with Gasteiger partial charge >= 0.3 is 0 Å². The Morgan fingerprint density at radius 1 is 1.00 bits per heavy atom. The van der Waals surface area contributed by atoms with Crippen LogP contribution in [0.25, 0.3) is 0 Å². The summed E-state index contributed by atoms with van der Waals surface area (Å²) in [6.07, 6.45) is 1.70. The number of Topliss-reactive ketones (excluding diaryl/α,β-unsaturated/α-hetero) is 1. The Morgan fingerprint density at radius 3 is 2.48 bits per heavy atom. The van der Waals surface area contributed by atoms with Crippen molar-refractivity contribution in [3.8, 4) is 0 Å². The second-order valence-electron chi connectivity index (χ2n) is 8.09. The van der Waals surface area contributed by atoms with Crippen LogP contribution in [0.3, 0.4) is 0 Å². The summed E-state index contributed by atoms with van der Waals surface area (Å²) in [6, 6.07) is 14.7. The highest BCUT2D eigenvalue weighted by atomic mass is 16.2. The van der Waals surface area contributed by atoms with Gasteiger partial charge < -0.3 is 9.80 Å². The number of ketones is 1. The standard InChI is InChI=1S/C24H26N2O3/c1-16-10-11-18(13-17(16)2)23(28)21-9-6-12-25(21)24(29)19-14-22(27)26(15-19)20-7-4-3-5-8-20/h3-5,7-8,10-11,13,19,21H,6,9,12,14-15H2,1-2H3. The van der Waals surface area contributed by atoms with Crippen molar-refractivity contribution < 1.29 is 14.4 Å². The minimum atomic E-state index is -0.425. The van der Waals surface area contributed by atoms with Crippen LogP contribution in [0, 0.1) is 19.8 Å². The maximum atomic E-state index is 13.2. The molecule has 0 bridgehead atoms. The molecule has 0 N–H and O–H groups in total. The predicted octanol–water partition coefficient (Wildman–Crippen LogP) is 3.53. The summed E-state index contributed by atoms with van der Waals surface area (Å²) < 4.78 is 0. The number of carbonyl (C=O) groups excluding carboxylic acids is 3. The van der Waals surface area contributed by atoms with E-state index in [2.05, 4.69) is 0 Å². The van der Waals surface area contributed by atoms with Gasteiger partial charge in [-0.25, -0.2) is 0 Å². The molecule has 150 valence electrons. The summed E-state index contributed by atoms with van der Waals surface area (Å²) in [7, 11) is 0. The van der Waals surface area contributed by atoms with Crippen LogP contribution in [-0.4, -0.2) is 41.6 Å². The molecule has 29 heavy (non-hydrogen) atoms. The van der Waals surface area contributed by atoms with Gasteiger partial charge in [0, 0.05) is 30.8 Å². The maximum absolute atomic E-state index is 13.2. The zero-order valence-corrected chi connectivity index (χ0v) is 16.9. The lowest BCUT2D eigenvalue weighted by Gasteiger charge is -2.26. The number of nitrogens with zero attached hydrogens (tertiary/aromatic N) is 2. The number of hydrogen-bond donors (Lipinski definition) is 0. The lowest BCUT2D eigenvalue weighted by molar-refractivity contribution is -0.135. The van der Waals surface area contributed by atoms with Crippen molar-refractivity contribution in [2.75, 3.05) is 18.0 Å². The summed E-state index contributed by atoms with van der Waals surface area (Å²) in [4.78, 5) is 42.2. The molecule has 2 aromatic carbocycles. The molecular formula is C24H26N2O3. The van der Waals surface area contributed by atoms with Gasteiger partial charge in [-0.1, -0.05) is 30.3 Å². The number of benzene rings is 2. The van der Waals surface area contributed by atoms with Gasteiger partial charge in [0.15, 0.2) is 5.78 Å². The quantitative estimate of drug-likeness (QED) is 0.751. The molecule has 0 aromatic heterocycles. The third kappa shape index (κ3) is 3.69. The number of para-hydroxylation sites is 1. The van der Waals surface area contributed by atoms with Crippen LogP contribution in [0.2, 0.25) is 0 Å². The highest BCUT2D eigenvalue weighted by Gasteiger charge is 2.42. The molecule has 2 aliphatic rings. The van der Waals surface area contributed by atoms with Gasteiger partial charge in [-0.2, -0.15) is 0 Å². The molecule has 0 saturated carbocycles. The van der Waals surface area contributed by atoms with Crippen LogP contribution < -0.4 is 4.90 Å². The van der Waals surface area contributed by atoms with Crippen LogP contribution >= 0.6 is 0 Å². The summed E-state index contributed by atoms with van der Waals surface area (Å²) in [5, 5.41) is 0. The molecule has 2 aromatic rings. The zero-order valence-electron chi connectivity index (χ0n) is 16.9. The van der Waals surface area contributed by atoms with Crippen LogP contribution in [0.5, 0.6) is 0 Å². The average Bonchev–Trinajstić information content (AvgIpc) is 3.36. The summed E-state index contributed by atoms with van der Waals surface area (Å²) in [6.45, 7) is 4.97. The molecule has 2 aliphatic heterocycles. The highest BCUT2D eigenvalue weighted by molar-refractivity contribution is 6.04. The summed E-state index contributed by atoms with van der Waals surface area (Å²) in [5.41, 5.74) is 3.70. The second-order valence-corrected chi connectivity index (χ2v) is 8.09. The second kappa shape index (κ2) is 7.82. The number of aryl methyl sites for hydroxylation is 2. The Morgan fingerprint density at radius 2 is 1.76 bits per heavy atom. The number of rotatable bonds is 4. The smallest absolute Gasteiger partial charge is 0.228 e. The summed E-state index contributed by atoms with van der Waals surface area (Å²) >= 11 is 0. The van der Waals surface area contributed by atoms with E-state index in [0.717, 1.165) is 23.2 Å². The Kier molecular flexibility index (Phi) is 5.22. The van der Waals surface area contributed by atoms with Crippen molar-refractivity contribution in [1.82, 2.24) is 4.90 Å². The fourth-order valence-electron chi connectivity index (χ4n) is 4.36. The van der Waals surface area contributed by atoms with Crippen LogP contribution in [-0.2, 0) is 9.59 Å². The topological polar surface area (TPSA) is 57.7 Å². The number of hydrogen-bond acceptors (Lipinski definition) is 3. The fraction of sp³-hybridized carbons (Fsp3) is 0.375. The predicted molar refractivity (Wildman–Crippen MR) is 112 cm³/mol. The van der Waals surface area contributed by atoms with Crippen molar-refractivity contribution in [3.05, 3.63) is 65.2 Å². The molecule has 5 nitrogen and oxygen atoms in total. The van der Waals surface area contributed by atoms with E-state index in [4.69, 9.17) is 0 Å². The fourth-order valence-corrected chi connectivity index (χ4v) is 4.36. The maximum Gasteiger partial charge on any atom is 0.228 e. The SMILES string of the molecule is Cc1ccc(C(=O)C2CCCN2C(=O)C2CC(=O)N(c3ccccc3)C2)cc1C. The molecule has 2 unspecified atom stereocenters. The minimum Gasteiger partial charge on any atom is -0.332 e. The first-order chi connectivity index (χ1) is 14.0. The van der Waals surface area contributed by atoms with E-state index in [1.54, 1.807) is 9.80 Å². The highest BCUT2D eigenvalue weighted by Crippen LogP contribution is 2.30. The van der Waals surface area contributed by atoms with E-state index in [1.807, 2.05) is 62.4 Å². The van der Waals surface area contributed by atoms with E-state index >= 15 is 0 Å². The molecule has 0 spiro atoms.